The lowest BCUT2D eigenvalue weighted by Gasteiger charge is -2.21. The second kappa shape index (κ2) is 5.51. The Morgan fingerprint density at radius 2 is 1.95 bits per heavy atom. The van der Waals surface area contributed by atoms with E-state index >= 15 is 0 Å². The van der Waals surface area contributed by atoms with Crippen LogP contribution in [0.1, 0.15) is 18.4 Å². The maximum Gasteiger partial charge on any atom is 0.227 e. The van der Waals surface area contributed by atoms with E-state index in [2.05, 4.69) is 5.32 Å². The van der Waals surface area contributed by atoms with Crippen LogP contribution in [0, 0.1) is 12.8 Å². The number of carbonyl (C=O) groups is 1. The molecule has 19 heavy (non-hydrogen) atoms. The van der Waals surface area contributed by atoms with E-state index in [1.807, 2.05) is 6.92 Å². The topological polar surface area (TPSA) is 63.2 Å². The minimum atomic E-state index is -2.93. The van der Waals surface area contributed by atoms with Crippen molar-refractivity contribution in [3.63, 3.8) is 0 Å². The summed E-state index contributed by atoms with van der Waals surface area (Å²) in [5.41, 5.74) is 1.62. The Morgan fingerprint density at radius 1 is 1.32 bits per heavy atom. The number of hydrogen-bond acceptors (Lipinski definition) is 3. The molecule has 1 amide bonds. The molecule has 0 aromatic heterocycles. The van der Waals surface area contributed by atoms with Crippen LogP contribution in [0.5, 0.6) is 0 Å². The van der Waals surface area contributed by atoms with Crippen molar-refractivity contribution in [3.8, 4) is 0 Å². The van der Waals surface area contributed by atoms with E-state index in [0.29, 0.717) is 17.9 Å². The molecule has 0 spiro atoms. The van der Waals surface area contributed by atoms with Gasteiger partial charge in [0.05, 0.1) is 11.5 Å². The fourth-order valence-electron chi connectivity index (χ4n) is 2.15. The highest BCUT2D eigenvalue weighted by Gasteiger charge is 2.28. The van der Waals surface area contributed by atoms with Crippen molar-refractivity contribution in [1.29, 1.82) is 0 Å². The van der Waals surface area contributed by atoms with Gasteiger partial charge in [0.1, 0.15) is 9.84 Å². The lowest BCUT2D eigenvalue weighted by atomic mass is 10.0. The summed E-state index contributed by atoms with van der Waals surface area (Å²) in [6.07, 6.45) is 0.807. The summed E-state index contributed by atoms with van der Waals surface area (Å²) in [4.78, 5) is 12.1. The first kappa shape index (κ1) is 14.3. The summed E-state index contributed by atoms with van der Waals surface area (Å²) in [5.74, 6) is -0.131. The quantitative estimate of drug-likeness (QED) is 0.912. The van der Waals surface area contributed by atoms with E-state index in [4.69, 9.17) is 11.6 Å². The molecule has 0 atom stereocenters. The first-order valence-corrected chi connectivity index (χ1v) is 8.35. The Balaban J connectivity index is 2.02. The van der Waals surface area contributed by atoms with Crippen LogP contribution in [0.25, 0.3) is 0 Å². The van der Waals surface area contributed by atoms with Crippen molar-refractivity contribution in [1.82, 2.24) is 0 Å². The van der Waals surface area contributed by atoms with Gasteiger partial charge in [-0.1, -0.05) is 11.6 Å². The zero-order chi connectivity index (χ0) is 14.0. The number of benzene rings is 1. The van der Waals surface area contributed by atoms with Gasteiger partial charge in [-0.3, -0.25) is 4.79 Å². The number of carbonyl (C=O) groups excluding carboxylic acids is 1. The Labute approximate surface area is 118 Å². The van der Waals surface area contributed by atoms with Gasteiger partial charge in [-0.2, -0.15) is 0 Å². The molecular formula is C13H16ClNO3S. The van der Waals surface area contributed by atoms with Crippen LogP contribution >= 0.6 is 11.6 Å². The van der Waals surface area contributed by atoms with Gasteiger partial charge >= 0.3 is 0 Å². The van der Waals surface area contributed by atoms with Crippen molar-refractivity contribution in [2.24, 2.45) is 5.92 Å². The summed E-state index contributed by atoms with van der Waals surface area (Å²) < 4.78 is 22.6. The molecule has 1 aliphatic rings. The predicted molar refractivity (Wildman–Crippen MR) is 76.2 cm³/mol. The number of rotatable bonds is 2. The van der Waals surface area contributed by atoms with E-state index in [9.17, 15) is 13.2 Å². The minimum absolute atomic E-state index is 0.102. The fourth-order valence-corrected chi connectivity index (χ4v) is 3.87. The molecule has 0 aliphatic carbocycles. The number of hydrogen-bond donors (Lipinski definition) is 1. The van der Waals surface area contributed by atoms with E-state index in [-0.39, 0.29) is 23.3 Å². The molecule has 4 nitrogen and oxygen atoms in total. The van der Waals surface area contributed by atoms with Crippen LogP contribution in [-0.2, 0) is 14.6 Å². The van der Waals surface area contributed by atoms with Crippen LogP contribution in [0.4, 0.5) is 5.69 Å². The Morgan fingerprint density at radius 3 is 2.53 bits per heavy atom. The summed E-state index contributed by atoms with van der Waals surface area (Å²) in [6, 6.07) is 5.26. The Bertz CT molecular complexity index is 584. The van der Waals surface area contributed by atoms with Crippen molar-refractivity contribution in [2.45, 2.75) is 19.8 Å². The monoisotopic (exact) mass is 301 g/mol. The molecule has 104 valence electrons. The van der Waals surface area contributed by atoms with Gasteiger partial charge in [-0.05, 0) is 43.5 Å². The SMILES string of the molecule is Cc1cc(Cl)ccc1NC(=O)C1CCS(=O)(=O)CC1. The van der Waals surface area contributed by atoms with E-state index in [1.54, 1.807) is 18.2 Å². The van der Waals surface area contributed by atoms with Crippen LogP contribution in [0.3, 0.4) is 0 Å². The number of anilines is 1. The summed E-state index contributed by atoms with van der Waals surface area (Å²) in [7, 11) is -2.93. The molecule has 0 bridgehead atoms. The number of amides is 1. The maximum atomic E-state index is 12.1. The molecule has 1 aliphatic heterocycles. The van der Waals surface area contributed by atoms with Crippen LogP contribution in [0.15, 0.2) is 18.2 Å². The lowest BCUT2D eigenvalue weighted by molar-refractivity contribution is -0.120. The molecule has 0 unspecified atom stereocenters. The number of aryl methyl sites for hydroxylation is 1. The van der Waals surface area contributed by atoms with Crippen LogP contribution in [0.2, 0.25) is 5.02 Å². The van der Waals surface area contributed by atoms with Gasteiger partial charge in [0.15, 0.2) is 0 Å². The molecule has 0 radical (unpaired) electrons. The third-order valence-electron chi connectivity index (χ3n) is 3.37. The first-order valence-electron chi connectivity index (χ1n) is 6.15. The molecule has 1 aromatic carbocycles. The van der Waals surface area contributed by atoms with Gasteiger partial charge < -0.3 is 5.32 Å². The molecule has 1 fully saturated rings. The standard InChI is InChI=1S/C13H16ClNO3S/c1-9-8-11(14)2-3-12(9)15-13(16)10-4-6-19(17,18)7-5-10/h2-3,8,10H,4-7H2,1H3,(H,15,16). The Hall–Kier alpha value is -1.07. The van der Waals surface area contributed by atoms with Crippen LogP contribution in [-0.4, -0.2) is 25.8 Å². The highest BCUT2D eigenvalue weighted by Crippen LogP contribution is 2.23. The third-order valence-corrected chi connectivity index (χ3v) is 5.32. The third kappa shape index (κ3) is 3.70. The van der Waals surface area contributed by atoms with Gasteiger partial charge in [-0.15, -0.1) is 0 Å². The number of sulfone groups is 1. The van der Waals surface area contributed by atoms with E-state index in [0.717, 1.165) is 11.3 Å². The molecule has 6 heteroatoms. The molecule has 2 rings (SSSR count). The summed E-state index contributed by atoms with van der Waals surface area (Å²) in [6.45, 7) is 1.87. The summed E-state index contributed by atoms with van der Waals surface area (Å²) in [5, 5.41) is 3.47. The van der Waals surface area contributed by atoms with Gasteiger partial charge in [0, 0.05) is 16.6 Å². The molecule has 1 heterocycles. The average Bonchev–Trinajstić information content (AvgIpc) is 2.32. The van der Waals surface area contributed by atoms with Gasteiger partial charge in [0.2, 0.25) is 5.91 Å². The van der Waals surface area contributed by atoms with Crippen LogP contribution < -0.4 is 5.32 Å². The van der Waals surface area contributed by atoms with E-state index < -0.39 is 9.84 Å². The number of nitrogens with one attached hydrogen (secondary N) is 1. The van der Waals surface area contributed by atoms with Gasteiger partial charge in [-0.25, -0.2) is 8.42 Å². The highest BCUT2D eigenvalue weighted by molar-refractivity contribution is 7.91. The van der Waals surface area contributed by atoms with Gasteiger partial charge in [0.25, 0.3) is 0 Å². The first-order chi connectivity index (χ1) is 8.87. The molecule has 1 aromatic rings. The normalized spacial score (nSPS) is 19.1. The summed E-state index contributed by atoms with van der Waals surface area (Å²) >= 11 is 5.85. The molecule has 1 saturated heterocycles. The zero-order valence-electron chi connectivity index (χ0n) is 10.6. The largest absolute Gasteiger partial charge is 0.326 e. The average molecular weight is 302 g/mol. The van der Waals surface area contributed by atoms with Crippen molar-refractivity contribution >= 4 is 33.0 Å². The van der Waals surface area contributed by atoms with E-state index in [1.165, 1.54) is 0 Å². The highest BCUT2D eigenvalue weighted by atomic mass is 35.5. The zero-order valence-corrected chi connectivity index (χ0v) is 12.2. The van der Waals surface area contributed by atoms with Crippen molar-refractivity contribution in [3.05, 3.63) is 28.8 Å². The molecular weight excluding hydrogens is 286 g/mol. The van der Waals surface area contributed by atoms with Crippen molar-refractivity contribution in [2.75, 3.05) is 16.8 Å². The molecule has 0 saturated carbocycles. The maximum absolute atomic E-state index is 12.1. The van der Waals surface area contributed by atoms with Crippen molar-refractivity contribution < 1.29 is 13.2 Å². The fraction of sp³-hybridized carbons (Fsp3) is 0.462. The molecule has 1 N–H and O–H groups in total. The number of halogens is 1. The smallest absolute Gasteiger partial charge is 0.227 e. The predicted octanol–water partition coefficient (Wildman–Crippen LogP) is 2.41. The second-order valence-electron chi connectivity index (χ2n) is 4.87. The lowest BCUT2D eigenvalue weighted by Crippen LogP contribution is -2.32. The second-order valence-corrected chi connectivity index (χ2v) is 7.61. The Kier molecular flexibility index (Phi) is 4.16. The minimum Gasteiger partial charge on any atom is -0.326 e.